The molecule has 4 amide bonds. The number of benzene rings is 3. The van der Waals surface area contributed by atoms with Gasteiger partial charge in [0.15, 0.2) is 23.0 Å². The Morgan fingerprint density at radius 3 is 1.88 bits per heavy atom. The van der Waals surface area contributed by atoms with E-state index < -0.39 is 54.0 Å². The Kier molecular flexibility index (Phi) is 20.9. The van der Waals surface area contributed by atoms with E-state index in [1.54, 1.807) is 26.2 Å². The van der Waals surface area contributed by atoms with E-state index in [4.69, 9.17) is 29.8 Å². The van der Waals surface area contributed by atoms with E-state index in [1.807, 2.05) is 76.2 Å². The molecule has 6 unspecified atom stereocenters. The number of phenolic OH excluding ortho intramolecular Hbond substituents is 1. The summed E-state index contributed by atoms with van der Waals surface area (Å²) in [4.78, 5) is 54.4. The molecule has 0 radical (unpaired) electrons. The average Bonchev–Trinajstić information content (AvgIpc) is 3.44. The van der Waals surface area contributed by atoms with Crippen molar-refractivity contribution in [2.75, 3.05) is 35.5 Å². The van der Waals surface area contributed by atoms with Crippen molar-refractivity contribution in [3.8, 4) is 28.7 Å². The minimum atomic E-state index is -1.57. The number of aromatic hydroxyl groups is 1. The molecule has 1 aliphatic carbocycles. The number of carbonyl (C=O) groups is 4. The molecule has 9 N–H and O–H groups in total. The molecular formula is C48H69N5O11. The molecule has 0 saturated heterocycles. The number of hydrogen-bond donors (Lipinski definition) is 8. The SMILES string of the molecule is CO.COc1ccc(C2=CC(NC(=O)CC(C)NC(=O)C(CC(C)C)NC(=O)C(CC(C)C)NC(=O)C(O)C(N)Cc3ccccc3)CCc3c2cc(OC)c(OC)c3OC)cc1O. The molecule has 0 aliphatic heterocycles. The van der Waals surface area contributed by atoms with Crippen molar-refractivity contribution in [2.24, 2.45) is 17.6 Å². The first-order valence-electron chi connectivity index (χ1n) is 21.5. The molecule has 4 rings (SSSR count). The van der Waals surface area contributed by atoms with Crippen LogP contribution in [-0.2, 0) is 32.0 Å². The molecule has 0 fully saturated rings. The van der Waals surface area contributed by atoms with Gasteiger partial charge in [-0.3, -0.25) is 19.2 Å². The maximum atomic E-state index is 13.8. The molecule has 6 atom stereocenters. The summed E-state index contributed by atoms with van der Waals surface area (Å²) in [6, 6.07) is 12.2. The highest BCUT2D eigenvalue weighted by molar-refractivity contribution is 5.93. The van der Waals surface area contributed by atoms with Crippen molar-refractivity contribution >= 4 is 29.2 Å². The summed E-state index contributed by atoms with van der Waals surface area (Å²) in [7, 11) is 7.09. The van der Waals surface area contributed by atoms with Gasteiger partial charge in [0, 0.05) is 37.2 Å². The number of nitrogens with one attached hydrogen (secondary N) is 4. The predicted octanol–water partition coefficient (Wildman–Crippen LogP) is 3.79. The predicted molar refractivity (Wildman–Crippen MR) is 245 cm³/mol. The van der Waals surface area contributed by atoms with Crippen LogP contribution in [0.2, 0.25) is 0 Å². The van der Waals surface area contributed by atoms with E-state index in [-0.39, 0.29) is 42.8 Å². The number of carbonyl (C=O) groups excluding carboxylic acids is 4. The minimum Gasteiger partial charge on any atom is -0.504 e. The molecule has 16 heteroatoms. The fraction of sp³-hybridized carbons (Fsp3) is 0.500. The first kappa shape index (κ1) is 52.5. The topological polar surface area (TPSA) is 240 Å². The summed E-state index contributed by atoms with van der Waals surface area (Å²) in [6.07, 6.45) is 2.07. The normalized spacial score (nSPS) is 15.6. The molecular weight excluding hydrogens is 823 g/mol. The molecule has 16 nitrogen and oxygen atoms in total. The Morgan fingerprint density at radius 2 is 1.33 bits per heavy atom. The highest BCUT2D eigenvalue weighted by Crippen LogP contribution is 2.47. The van der Waals surface area contributed by atoms with E-state index in [0.29, 0.717) is 53.4 Å². The molecule has 64 heavy (non-hydrogen) atoms. The third-order valence-electron chi connectivity index (χ3n) is 10.7. The number of methoxy groups -OCH3 is 4. The molecule has 3 aromatic carbocycles. The largest absolute Gasteiger partial charge is 0.504 e. The highest BCUT2D eigenvalue weighted by Gasteiger charge is 2.33. The van der Waals surface area contributed by atoms with Crippen molar-refractivity contribution in [2.45, 2.75) is 109 Å². The molecule has 0 saturated carbocycles. The molecule has 352 valence electrons. The number of ether oxygens (including phenoxy) is 4. The lowest BCUT2D eigenvalue weighted by Crippen LogP contribution is -2.57. The van der Waals surface area contributed by atoms with Crippen molar-refractivity contribution in [3.05, 3.63) is 82.9 Å². The van der Waals surface area contributed by atoms with Crippen molar-refractivity contribution in [1.82, 2.24) is 21.3 Å². The van der Waals surface area contributed by atoms with E-state index >= 15 is 0 Å². The van der Waals surface area contributed by atoms with Crippen molar-refractivity contribution in [1.29, 1.82) is 0 Å². The van der Waals surface area contributed by atoms with Crippen LogP contribution >= 0.6 is 0 Å². The van der Waals surface area contributed by atoms with Gasteiger partial charge < -0.3 is 61.3 Å². The number of hydrogen-bond acceptors (Lipinski definition) is 12. The number of aliphatic hydroxyl groups is 2. The lowest BCUT2D eigenvalue weighted by atomic mass is 9.92. The van der Waals surface area contributed by atoms with Crippen LogP contribution in [0.1, 0.15) is 82.6 Å². The third-order valence-corrected chi connectivity index (χ3v) is 10.7. The van der Waals surface area contributed by atoms with Crippen LogP contribution < -0.4 is 45.9 Å². The van der Waals surface area contributed by atoms with Crippen LogP contribution in [-0.4, -0.2) is 111 Å². The third kappa shape index (κ3) is 14.6. The summed E-state index contributed by atoms with van der Waals surface area (Å²) in [5.41, 5.74) is 10.0. The Bertz CT molecular complexity index is 2040. The van der Waals surface area contributed by atoms with E-state index in [2.05, 4.69) is 21.3 Å². The monoisotopic (exact) mass is 891 g/mol. The molecule has 0 heterocycles. The first-order valence-corrected chi connectivity index (χ1v) is 21.5. The number of aliphatic hydroxyl groups excluding tert-OH is 2. The highest BCUT2D eigenvalue weighted by atomic mass is 16.5. The Labute approximate surface area is 377 Å². The minimum absolute atomic E-state index is 0.00659. The summed E-state index contributed by atoms with van der Waals surface area (Å²) in [5.74, 6) is -0.530. The maximum absolute atomic E-state index is 13.8. The van der Waals surface area contributed by atoms with E-state index in [1.165, 1.54) is 21.3 Å². The number of nitrogens with two attached hydrogens (primary N) is 1. The smallest absolute Gasteiger partial charge is 0.251 e. The zero-order chi connectivity index (χ0) is 47.7. The number of fused-ring (bicyclic) bond motifs is 1. The summed E-state index contributed by atoms with van der Waals surface area (Å²) in [6.45, 7) is 9.34. The number of rotatable bonds is 21. The van der Waals surface area contributed by atoms with Crippen molar-refractivity contribution < 1.29 is 53.4 Å². The van der Waals surface area contributed by atoms with Gasteiger partial charge in [0.2, 0.25) is 23.5 Å². The molecule has 0 aromatic heterocycles. The van der Waals surface area contributed by atoms with Crippen LogP contribution in [0.25, 0.3) is 5.57 Å². The first-order chi connectivity index (χ1) is 30.5. The lowest BCUT2D eigenvalue weighted by molar-refractivity contribution is -0.136. The Morgan fingerprint density at radius 1 is 0.750 bits per heavy atom. The lowest BCUT2D eigenvalue weighted by Gasteiger charge is -2.27. The quantitative estimate of drug-likeness (QED) is 0.0763. The molecule has 0 spiro atoms. The van der Waals surface area contributed by atoms with Gasteiger partial charge in [-0.1, -0.05) is 70.2 Å². The standard InChI is InChI=1S/C47H65N5O10.CH4O/c1-26(2)19-36(51-46(57)37(20-27(3)4)52-47(58)42(55)35(48)22-29-13-11-10-12-14-29)45(56)49-28(5)21-41(54)50-31-16-17-32-34(25-40(60-7)44(62-9)43(32)61-8)33(24-31)30-15-18-39(59-6)38(53)23-30;1-2/h10-15,18,23-28,31,35-37,42,53,55H,16-17,19-22,48H2,1-9H3,(H,49,56)(H,50,54)(H,51,57)(H,52,58);2H,1H3. The summed E-state index contributed by atoms with van der Waals surface area (Å²) in [5, 5.41) is 40.0. The summed E-state index contributed by atoms with van der Waals surface area (Å²) < 4.78 is 22.5. The molecule has 3 aromatic rings. The van der Waals surface area contributed by atoms with Gasteiger partial charge in [0.05, 0.1) is 28.4 Å². The zero-order valence-electron chi connectivity index (χ0n) is 38.8. The Balaban J connectivity index is 0.00000537. The fourth-order valence-corrected chi connectivity index (χ4v) is 7.67. The van der Waals surface area contributed by atoms with E-state index in [9.17, 15) is 29.4 Å². The second kappa shape index (κ2) is 25.5. The Hall–Kier alpha value is -5.84. The molecule has 1 aliphatic rings. The van der Waals surface area contributed by atoms with Gasteiger partial charge >= 0.3 is 0 Å². The maximum Gasteiger partial charge on any atom is 0.251 e. The van der Waals surface area contributed by atoms with Crippen LogP contribution in [0.3, 0.4) is 0 Å². The van der Waals surface area contributed by atoms with E-state index in [0.717, 1.165) is 23.8 Å². The van der Waals surface area contributed by atoms with Gasteiger partial charge in [-0.2, -0.15) is 0 Å². The van der Waals surface area contributed by atoms with Crippen molar-refractivity contribution in [3.63, 3.8) is 0 Å². The van der Waals surface area contributed by atoms with Crippen LogP contribution in [0.5, 0.6) is 28.7 Å². The number of phenols is 1. The zero-order valence-corrected chi connectivity index (χ0v) is 38.8. The van der Waals surface area contributed by atoms with Gasteiger partial charge in [0.1, 0.15) is 18.2 Å². The van der Waals surface area contributed by atoms with Crippen LogP contribution in [0.4, 0.5) is 0 Å². The second-order valence-electron chi connectivity index (χ2n) is 16.6. The number of amides is 4. The summed E-state index contributed by atoms with van der Waals surface area (Å²) >= 11 is 0. The van der Waals surface area contributed by atoms with Gasteiger partial charge in [-0.15, -0.1) is 0 Å². The van der Waals surface area contributed by atoms with Gasteiger partial charge in [-0.25, -0.2) is 0 Å². The molecule has 0 bridgehead atoms. The average molecular weight is 892 g/mol. The van der Waals surface area contributed by atoms with Crippen LogP contribution in [0.15, 0.2) is 60.7 Å². The van der Waals surface area contributed by atoms with Crippen LogP contribution in [0, 0.1) is 11.8 Å². The second-order valence-corrected chi connectivity index (χ2v) is 16.6. The van der Waals surface area contributed by atoms with Gasteiger partial charge in [0.25, 0.3) is 5.91 Å². The van der Waals surface area contributed by atoms with Gasteiger partial charge in [-0.05, 0) is 91.3 Å². The fourth-order valence-electron chi connectivity index (χ4n) is 7.67.